The first-order chi connectivity index (χ1) is 10.4. The smallest absolute Gasteiger partial charge is 0.254 e. The Kier molecular flexibility index (Phi) is 2.65. The molecule has 2 aliphatic rings. The number of carbonyl (C=O) groups excluding carboxylic acids is 1. The van der Waals surface area contributed by atoms with Crippen molar-refractivity contribution >= 4 is 11.6 Å². The molecule has 4 rings (SSSR count). The van der Waals surface area contributed by atoms with Crippen LogP contribution in [-0.4, -0.2) is 43.4 Å². The van der Waals surface area contributed by atoms with Gasteiger partial charge in [-0.05, 0) is 52.7 Å². The van der Waals surface area contributed by atoms with Gasteiger partial charge in [0.15, 0.2) is 5.65 Å². The van der Waals surface area contributed by atoms with E-state index in [2.05, 4.69) is 41.2 Å². The number of aromatic nitrogens is 4. The summed E-state index contributed by atoms with van der Waals surface area (Å²) in [7, 11) is 0. The lowest BCUT2D eigenvalue weighted by Crippen LogP contribution is -2.37. The van der Waals surface area contributed by atoms with Crippen LogP contribution in [0, 0.1) is 10.8 Å². The maximum atomic E-state index is 13.0. The fourth-order valence-electron chi connectivity index (χ4n) is 4.74. The van der Waals surface area contributed by atoms with E-state index in [4.69, 9.17) is 0 Å². The van der Waals surface area contributed by atoms with Gasteiger partial charge in [-0.2, -0.15) is 0 Å². The molecule has 2 aromatic rings. The van der Waals surface area contributed by atoms with Crippen LogP contribution >= 0.6 is 0 Å². The second-order valence-corrected chi connectivity index (χ2v) is 8.04. The number of amides is 1. The summed E-state index contributed by atoms with van der Waals surface area (Å²) in [6.07, 6.45) is 5.14. The molecule has 0 radical (unpaired) electrons. The van der Waals surface area contributed by atoms with E-state index in [1.165, 1.54) is 6.42 Å². The molecule has 1 saturated carbocycles. The zero-order valence-electron chi connectivity index (χ0n) is 13.3. The van der Waals surface area contributed by atoms with Gasteiger partial charge in [-0.3, -0.25) is 4.79 Å². The zero-order chi connectivity index (χ0) is 15.5. The van der Waals surface area contributed by atoms with E-state index in [0.29, 0.717) is 22.7 Å². The molecule has 1 saturated heterocycles. The van der Waals surface area contributed by atoms with Crippen LogP contribution < -0.4 is 0 Å². The minimum Gasteiger partial charge on any atom is -0.335 e. The summed E-state index contributed by atoms with van der Waals surface area (Å²) in [4.78, 5) is 15.0. The van der Waals surface area contributed by atoms with Gasteiger partial charge in [0, 0.05) is 24.3 Å². The molecule has 2 aromatic heterocycles. The van der Waals surface area contributed by atoms with Crippen LogP contribution in [0.2, 0.25) is 0 Å². The first-order valence-corrected chi connectivity index (χ1v) is 7.84. The van der Waals surface area contributed by atoms with Crippen molar-refractivity contribution < 1.29 is 4.79 Å². The third kappa shape index (κ3) is 2.09. The van der Waals surface area contributed by atoms with Gasteiger partial charge in [-0.1, -0.05) is 20.8 Å². The maximum Gasteiger partial charge on any atom is 0.254 e. The standard InChI is InChI=1S/C16H21N5O/c1-15(2)7-12-8-16(3,9-15)10-20(12)14(22)11-4-5-21-13(6-11)17-18-19-21/h4-6,12H,7-10H2,1-3H3/t12-,16-/m1/s1. The van der Waals surface area contributed by atoms with Crippen molar-refractivity contribution in [3.63, 3.8) is 0 Å². The topological polar surface area (TPSA) is 63.4 Å². The Balaban J connectivity index is 1.65. The Morgan fingerprint density at radius 1 is 1.32 bits per heavy atom. The first-order valence-electron chi connectivity index (χ1n) is 7.84. The van der Waals surface area contributed by atoms with Gasteiger partial charge < -0.3 is 4.90 Å². The van der Waals surface area contributed by atoms with Crippen molar-refractivity contribution in [3.8, 4) is 0 Å². The van der Waals surface area contributed by atoms with E-state index in [0.717, 1.165) is 19.4 Å². The predicted octanol–water partition coefficient (Wildman–Crippen LogP) is 2.17. The Morgan fingerprint density at radius 3 is 2.95 bits per heavy atom. The van der Waals surface area contributed by atoms with Crippen molar-refractivity contribution in [1.29, 1.82) is 0 Å². The number of rotatable bonds is 1. The summed E-state index contributed by atoms with van der Waals surface area (Å²) in [5.41, 5.74) is 1.85. The van der Waals surface area contributed by atoms with Crippen LogP contribution in [0.1, 0.15) is 50.4 Å². The van der Waals surface area contributed by atoms with Crippen LogP contribution in [0.15, 0.2) is 18.3 Å². The highest BCUT2D eigenvalue weighted by Gasteiger charge is 2.51. The van der Waals surface area contributed by atoms with Crippen molar-refractivity contribution in [2.45, 2.75) is 46.1 Å². The van der Waals surface area contributed by atoms with Crippen LogP contribution in [-0.2, 0) is 0 Å². The van der Waals surface area contributed by atoms with Crippen LogP contribution in [0.25, 0.3) is 5.65 Å². The average Bonchev–Trinajstić information content (AvgIpc) is 2.97. The Morgan fingerprint density at radius 2 is 2.14 bits per heavy atom. The highest BCUT2D eigenvalue weighted by atomic mass is 16.2. The van der Waals surface area contributed by atoms with Gasteiger partial charge in [0.1, 0.15) is 0 Å². The molecule has 22 heavy (non-hydrogen) atoms. The maximum absolute atomic E-state index is 13.0. The second kappa shape index (κ2) is 4.27. The van der Waals surface area contributed by atoms with Crippen molar-refractivity contribution in [2.75, 3.05) is 6.54 Å². The van der Waals surface area contributed by atoms with Crippen LogP contribution in [0.5, 0.6) is 0 Å². The molecule has 0 spiro atoms. The molecule has 1 aliphatic heterocycles. The SMILES string of the molecule is CC1(C)C[C@@H]2C[C@@](C)(CN2C(=O)c2ccn3nnnc3c2)C1. The quantitative estimate of drug-likeness (QED) is 0.809. The van der Waals surface area contributed by atoms with Gasteiger partial charge in [-0.25, -0.2) is 4.52 Å². The second-order valence-electron chi connectivity index (χ2n) is 8.04. The van der Waals surface area contributed by atoms with E-state index in [9.17, 15) is 4.79 Å². The van der Waals surface area contributed by atoms with Crippen molar-refractivity contribution in [1.82, 2.24) is 24.9 Å². The monoisotopic (exact) mass is 299 g/mol. The lowest BCUT2D eigenvalue weighted by Gasteiger charge is -2.39. The van der Waals surface area contributed by atoms with Gasteiger partial charge in [0.25, 0.3) is 5.91 Å². The Bertz CT molecular complexity index is 752. The predicted molar refractivity (Wildman–Crippen MR) is 81.3 cm³/mol. The normalized spacial score (nSPS) is 30.0. The highest BCUT2D eigenvalue weighted by Crippen LogP contribution is 2.52. The van der Waals surface area contributed by atoms with Gasteiger partial charge in [0.2, 0.25) is 0 Å². The number of carbonyl (C=O) groups is 1. The summed E-state index contributed by atoms with van der Waals surface area (Å²) in [6.45, 7) is 7.81. The van der Waals surface area contributed by atoms with E-state index in [1.807, 2.05) is 0 Å². The summed E-state index contributed by atoms with van der Waals surface area (Å²) in [6, 6.07) is 3.94. The molecule has 0 aromatic carbocycles. The fraction of sp³-hybridized carbons (Fsp3) is 0.625. The molecule has 116 valence electrons. The third-order valence-electron chi connectivity index (χ3n) is 5.12. The van der Waals surface area contributed by atoms with Crippen LogP contribution in [0.4, 0.5) is 0 Å². The molecule has 0 unspecified atom stereocenters. The number of fused-ring (bicyclic) bond motifs is 3. The molecular weight excluding hydrogens is 278 g/mol. The molecule has 6 nitrogen and oxygen atoms in total. The van der Waals surface area contributed by atoms with Gasteiger partial charge >= 0.3 is 0 Å². The molecule has 6 heteroatoms. The van der Waals surface area contributed by atoms with E-state index >= 15 is 0 Å². The molecule has 2 atom stereocenters. The Labute approximate surface area is 129 Å². The summed E-state index contributed by atoms with van der Waals surface area (Å²) in [5, 5.41) is 11.4. The summed E-state index contributed by atoms with van der Waals surface area (Å²) in [5.74, 6) is 0.108. The van der Waals surface area contributed by atoms with Crippen molar-refractivity contribution in [2.24, 2.45) is 10.8 Å². The molecule has 1 aliphatic carbocycles. The number of likely N-dealkylation sites (tertiary alicyclic amines) is 1. The van der Waals surface area contributed by atoms with Gasteiger partial charge in [-0.15, -0.1) is 5.10 Å². The summed E-state index contributed by atoms with van der Waals surface area (Å²) < 4.78 is 1.57. The number of nitrogens with zero attached hydrogens (tertiary/aromatic N) is 5. The minimum absolute atomic E-state index is 0.108. The lowest BCUT2D eigenvalue weighted by atomic mass is 9.65. The molecule has 0 N–H and O–H groups in total. The van der Waals surface area contributed by atoms with Crippen molar-refractivity contribution in [3.05, 3.63) is 23.9 Å². The Hall–Kier alpha value is -1.98. The average molecular weight is 299 g/mol. The third-order valence-corrected chi connectivity index (χ3v) is 5.12. The largest absolute Gasteiger partial charge is 0.335 e. The number of hydrogen-bond acceptors (Lipinski definition) is 4. The molecule has 2 bridgehead atoms. The zero-order valence-corrected chi connectivity index (χ0v) is 13.3. The number of hydrogen-bond donors (Lipinski definition) is 0. The molecular formula is C16H21N5O. The molecule has 2 fully saturated rings. The first kappa shape index (κ1) is 13.7. The van der Waals surface area contributed by atoms with Gasteiger partial charge in [0.05, 0.1) is 0 Å². The molecule has 1 amide bonds. The molecule has 3 heterocycles. The van der Waals surface area contributed by atoms with Crippen LogP contribution in [0.3, 0.4) is 0 Å². The summed E-state index contributed by atoms with van der Waals surface area (Å²) >= 11 is 0. The van der Waals surface area contributed by atoms with E-state index < -0.39 is 0 Å². The highest BCUT2D eigenvalue weighted by molar-refractivity contribution is 5.95. The fourth-order valence-corrected chi connectivity index (χ4v) is 4.74. The number of pyridine rings is 1. The number of tetrazole rings is 1. The minimum atomic E-state index is 0.108. The van der Waals surface area contributed by atoms with E-state index in [-0.39, 0.29) is 11.3 Å². The lowest BCUT2D eigenvalue weighted by molar-refractivity contribution is 0.0708. The van der Waals surface area contributed by atoms with E-state index in [1.54, 1.807) is 22.8 Å².